The molecule has 0 unspecified atom stereocenters. The quantitative estimate of drug-likeness (QED) is 0.666. The van der Waals surface area contributed by atoms with Crippen LogP contribution < -0.4 is 10.6 Å². The topological polar surface area (TPSA) is 54.0 Å². The van der Waals surface area contributed by atoms with Crippen molar-refractivity contribution in [3.63, 3.8) is 0 Å². The summed E-state index contributed by atoms with van der Waals surface area (Å²) in [5.74, 6) is -0.0185. The van der Waals surface area contributed by atoms with Gasteiger partial charge >= 0.3 is 6.18 Å². The average Bonchev–Trinajstić information content (AvgIpc) is 2.67. The van der Waals surface area contributed by atoms with Crippen LogP contribution in [-0.4, -0.2) is 10.9 Å². The van der Waals surface area contributed by atoms with Gasteiger partial charge in [-0.15, -0.1) is 0 Å². The van der Waals surface area contributed by atoms with Gasteiger partial charge in [-0.2, -0.15) is 13.2 Å². The molecule has 0 atom stereocenters. The summed E-state index contributed by atoms with van der Waals surface area (Å²) in [5, 5.41) is 5.59. The van der Waals surface area contributed by atoms with E-state index in [0.717, 1.165) is 17.7 Å². The lowest BCUT2D eigenvalue weighted by atomic mass is 10.2. The second-order valence-corrected chi connectivity index (χ2v) is 5.80. The zero-order valence-electron chi connectivity index (χ0n) is 14.1. The minimum atomic E-state index is -4.47. The number of halogens is 3. The number of amides is 1. The number of anilines is 2. The first-order valence-corrected chi connectivity index (χ1v) is 8.14. The van der Waals surface area contributed by atoms with Gasteiger partial charge in [-0.3, -0.25) is 4.79 Å². The van der Waals surface area contributed by atoms with Gasteiger partial charge in [0.2, 0.25) is 0 Å². The number of hydrogen-bond acceptors (Lipinski definition) is 3. The van der Waals surface area contributed by atoms with Crippen LogP contribution in [0.3, 0.4) is 0 Å². The fourth-order valence-electron chi connectivity index (χ4n) is 2.43. The summed E-state index contributed by atoms with van der Waals surface area (Å²) in [5.41, 5.74) is 0.599. The Hall–Kier alpha value is -3.35. The Morgan fingerprint density at radius 2 is 1.74 bits per heavy atom. The zero-order chi connectivity index (χ0) is 19.3. The molecule has 2 N–H and O–H groups in total. The molecule has 0 saturated heterocycles. The van der Waals surface area contributed by atoms with Crippen molar-refractivity contribution in [1.29, 1.82) is 0 Å². The highest BCUT2D eigenvalue weighted by Gasteiger charge is 2.30. The number of nitrogens with zero attached hydrogens (tertiary/aromatic N) is 1. The van der Waals surface area contributed by atoms with E-state index in [1.165, 1.54) is 24.4 Å². The molecule has 1 heterocycles. The monoisotopic (exact) mass is 371 g/mol. The van der Waals surface area contributed by atoms with Gasteiger partial charge in [0.1, 0.15) is 5.82 Å². The Morgan fingerprint density at radius 3 is 2.48 bits per heavy atom. The SMILES string of the molecule is O=C(Nc1cccc(C(F)(F)F)c1)c1ccnc(NCc2ccccc2)c1. The molecule has 138 valence electrons. The van der Waals surface area contributed by atoms with Gasteiger partial charge < -0.3 is 10.6 Å². The highest BCUT2D eigenvalue weighted by atomic mass is 19.4. The molecular formula is C20H16F3N3O. The van der Waals surface area contributed by atoms with Crippen LogP contribution in [-0.2, 0) is 12.7 Å². The van der Waals surface area contributed by atoms with Crippen LogP contribution >= 0.6 is 0 Å². The Kier molecular flexibility index (Phi) is 5.40. The van der Waals surface area contributed by atoms with Crippen molar-refractivity contribution in [2.45, 2.75) is 12.7 Å². The lowest BCUT2D eigenvalue weighted by Gasteiger charge is -2.11. The van der Waals surface area contributed by atoms with E-state index in [0.29, 0.717) is 12.4 Å². The van der Waals surface area contributed by atoms with Crippen LogP contribution in [0.4, 0.5) is 24.7 Å². The first-order valence-electron chi connectivity index (χ1n) is 8.14. The predicted octanol–water partition coefficient (Wildman–Crippen LogP) is 4.96. The maximum absolute atomic E-state index is 12.8. The molecule has 7 heteroatoms. The second kappa shape index (κ2) is 7.90. The molecule has 0 aliphatic carbocycles. The molecule has 0 fully saturated rings. The van der Waals surface area contributed by atoms with Crippen LogP contribution in [0.5, 0.6) is 0 Å². The lowest BCUT2D eigenvalue weighted by molar-refractivity contribution is -0.137. The zero-order valence-corrected chi connectivity index (χ0v) is 14.1. The highest BCUT2D eigenvalue weighted by molar-refractivity contribution is 6.04. The molecule has 0 radical (unpaired) electrons. The van der Waals surface area contributed by atoms with Gasteiger partial charge in [0.25, 0.3) is 5.91 Å². The van der Waals surface area contributed by atoms with Crippen molar-refractivity contribution in [3.05, 3.63) is 89.6 Å². The molecule has 0 aliphatic rings. The summed E-state index contributed by atoms with van der Waals surface area (Å²) in [6.07, 6.45) is -3.00. The fraction of sp³-hybridized carbons (Fsp3) is 0.100. The van der Waals surface area contributed by atoms with Crippen LogP contribution in [0.1, 0.15) is 21.5 Å². The number of rotatable bonds is 5. The van der Waals surface area contributed by atoms with E-state index in [-0.39, 0.29) is 11.3 Å². The molecule has 0 saturated carbocycles. The summed E-state index contributed by atoms with van der Waals surface area (Å²) in [6, 6.07) is 17.2. The van der Waals surface area contributed by atoms with E-state index in [1.54, 1.807) is 6.07 Å². The third-order valence-electron chi connectivity index (χ3n) is 3.79. The number of aromatic nitrogens is 1. The highest BCUT2D eigenvalue weighted by Crippen LogP contribution is 2.30. The van der Waals surface area contributed by atoms with Crippen LogP contribution in [0.25, 0.3) is 0 Å². The van der Waals surface area contributed by atoms with Crippen LogP contribution in [0.15, 0.2) is 72.9 Å². The molecule has 1 amide bonds. The number of nitrogens with one attached hydrogen (secondary N) is 2. The normalized spacial score (nSPS) is 11.1. The Labute approximate surface area is 154 Å². The van der Waals surface area contributed by atoms with Gasteiger partial charge in [-0.05, 0) is 35.9 Å². The smallest absolute Gasteiger partial charge is 0.366 e. The Morgan fingerprint density at radius 1 is 0.963 bits per heavy atom. The average molecular weight is 371 g/mol. The largest absolute Gasteiger partial charge is 0.416 e. The second-order valence-electron chi connectivity index (χ2n) is 5.80. The van der Waals surface area contributed by atoms with Gasteiger partial charge in [-0.25, -0.2) is 4.98 Å². The molecular weight excluding hydrogens is 355 g/mol. The summed E-state index contributed by atoms with van der Waals surface area (Å²) in [6.45, 7) is 0.534. The molecule has 0 spiro atoms. The molecule has 2 aromatic carbocycles. The maximum Gasteiger partial charge on any atom is 0.416 e. The molecule has 27 heavy (non-hydrogen) atoms. The van der Waals surface area contributed by atoms with E-state index >= 15 is 0 Å². The minimum Gasteiger partial charge on any atom is -0.366 e. The summed E-state index contributed by atoms with van der Waals surface area (Å²) in [7, 11) is 0. The maximum atomic E-state index is 12.8. The van der Waals surface area contributed by atoms with Crippen LogP contribution in [0.2, 0.25) is 0 Å². The number of carbonyl (C=O) groups is 1. The minimum absolute atomic E-state index is 0.0745. The lowest BCUT2D eigenvalue weighted by Crippen LogP contribution is -2.14. The first-order chi connectivity index (χ1) is 12.9. The number of carbonyl (C=O) groups excluding carboxylic acids is 1. The number of benzene rings is 2. The summed E-state index contributed by atoms with van der Waals surface area (Å²) >= 11 is 0. The molecule has 3 aromatic rings. The fourth-order valence-corrected chi connectivity index (χ4v) is 2.43. The Bertz CT molecular complexity index is 927. The van der Waals surface area contributed by atoms with E-state index < -0.39 is 17.6 Å². The van der Waals surface area contributed by atoms with Gasteiger partial charge in [-0.1, -0.05) is 36.4 Å². The number of alkyl halides is 3. The predicted molar refractivity (Wildman–Crippen MR) is 97.4 cm³/mol. The van der Waals surface area contributed by atoms with Crippen molar-refractivity contribution in [1.82, 2.24) is 4.98 Å². The van der Waals surface area contributed by atoms with E-state index in [2.05, 4.69) is 15.6 Å². The summed E-state index contributed by atoms with van der Waals surface area (Å²) < 4.78 is 38.3. The van der Waals surface area contributed by atoms with E-state index in [9.17, 15) is 18.0 Å². The summed E-state index contributed by atoms with van der Waals surface area (Å²) in [4.78, 5) is 16.5. The van der Waals surface area contributed by atoms with Gasteiger partial charge in [0, 0.05) is 24.0 Å². The third kappa shape index (κ3) is 5.07. The number of pyridine rings is 1. The molecule has 0 aliphatic heterocycles. The van der Waals surface area contributed by atoms with Crippen LogP contribution in [0, 0.1) is 0 Å². The van der Waals surface area contributed by atoms with Crippen molar-refractivity contribution in [2.75, 3.05) is 10.6 Å². The molecule has 0 bridgehead atoms. The van der Waals surface area contributed by atoms with Crippen molar-refractivity contribution in [3.8, 4) is 0 Å². The third-order valence-corrected chi connectivity index (χ3v) is 3.79. The van der Waals surface area contributed by atoms with E-state index in [4.69, 9.17) is 0 Å². The van der Waals surface area contributed by atoms with Gasteiger partial charge in [0.15, 0.2) is 0 Å². The number of hydrogen-bond donors (Lipinski definition) is 2. The Balaban J connectivity index is 1.68. The standard InChI is InChI=1S/C20H16F3N3O/c21-20(22,23)16-7-4-8-17(12-16)26-19(27)15-9-10-24-18(11-15)25-13-14-5-2-1-3-6-14/h1-12H,13H2,(H,24,25)(H,26,27). The van der Waals surface area contributed by atoms with E-state index in [1.807, 2.05) is 30.3 Å². The molecule has 4 nitrogen and oxygen atoms in total. The van der Waals surface area contributed by atoms with Crippen molar-refractivity contribution in [2.24, 2.45) is 0 Å². The van der Waals surface area contributed by atoms with Gasteiger partial charge in [0.05, 0.1) is 5.56 Å². The molecule has 1 aromatic heterocycles. The van der Waals surface area contributed by atoms with Crippen molar-refractivity contribution >= 4 is 17.4 Å². The molecule has 3 rings (SSSR count). The first kappa shape index (κ1) is 18.4. The van der Waals surface area contributed by atoms with Crippen molar-refractivity contribution < 1.29 is 18.0 Å².